The van der Waals surface area contributed by atoms with Gasteiger partial charge in [-0.15, -0.1) is 0 Å². The monoisotopic (exact) mass is 274 g/mol. The lowest BCUT2D eigenvalue weighted by atomic mass is 9.98. The molecule has 0 aromatic heterocycles. The second-order valence-electron chi connectivity index (χ2n) is 4.77. The van der Waals surface area contributed by atoms with Crippen LogP contribution in [0.1, 0.15) is 18.4 Å². The van der Waals surface area contributed by atoms with Crippen molar-refractivity contribution in [3.63, 3.8) is 0 Å². The van der Waals surface area contributed by atoms with E-state index in [1.807, 2.05) is 30.3 Å². The van der Waals surface area contributed by atoms with Gasteiger partial charge in [0.1, 0.15) is 0 Å². The molecule has 0 saturated carbocycles. The van der Waals surface area contributed by atoms with Crippen molar-refractivity contribution >= 4 is 0 Å². The molecule has 2 atom stereocenters. The quantitative estimate of drug-likeness (QED) is 0.835. The van der Waals surface area contributed by atoms with Crippen LogP contribution in [0.4, 0.5) is 13.2 Å². The number of ether oxygens (including phenoxy) is 2. The van der Waals surface area contributed by atoms with Crippen LogP contribution in [0.15, 0.2) is 30.3 Å². The first-order chi connectivity index (χ1) is 9.05. The van der Waals surface area contributed by atoms with E-state index in [4.69, 9.17) is 9.47 Å². The maximum Gasteiger partial charge on any atom is 0.394 e. The summed E-state index contributed by atoms with van der Waals surface area (Å²) in [4.78, 5) is 0. The molecule has 1 heterocycles. The average Bonchev–Trinajstić information content (AvgIpc) is 2.39. The van der Waals surface area contributed by atoms with Crippen LogP contribution in [0.5, 0.6) is 0 Å². The molecule has 0 unspecified atom stereocenters. The molecule has 0 bridgehead atoms. The maximum absolute atomic E-state index is 12.4. The molecule has 19 heavy (non-hydrogen) atoms. The van der Waals surface area contributed by atoms with Crippen LogP contribution in [0.25, 0.3) is 0 Å². The first-order valence-electron chi connectivity index (χ1n) is 6.35. The predicted molar refractivity (Wildman–Crippen MR) is 64.6 cm³/mol. The van der Waals surface area contributed by atoms with Gasteiger partial charge in [0, 0.05) is 0 Å². The van der Waals surface area contributed by atoms with Crippen molar-refractivity contribution in [2.45, 2.75) is 31.7 Å². The van der Waals surface area contributed by atoms with E-state index in [0.717, 1.165) is 5.56 Å². The molecule has 5 heteroatoms. The Morgan fingerprint density at radius 1 is 1.16 bits per heavy atom. The second-order valence-corrected chi connectivity index (χ2v) is 4.77. The topological polar surface area (TPSA) is 18.5 Å². The molecule has 1 saturated heterocycles. The van der Waals surface area contributed by atoms with Gasteiger partial charge in [0.25, 0.3) is 0 Å². The molecule has 2 nitrogen and oxygen atoms in total. The predicted octanol–water partition coefficient (Wildman–Crippen LogP) is 3.56. The lowest BCUT2D eigenvalue weighted by Crippen LogP contribution is -2.36. The number of rotatable bonds is 4. The largest absolute Gasteiger partial charge is 0.394 e. The molecule has 1 aromatic carbocycles. The highest BCUT2D eigenvalue weighted by Gasteiger charge is 2.42. The first kappa shape index (κ1) is 14.3. The third kappa shape index (κ3) is 4.51. The Hall–Kier alpha value is -1.07. The first-order valence-corrected chi connectivity index (χ1v) is 6.35. The zero-order valence-corrected chi connectivity index (χ0v) is 10.5. The SMILES string of the molecule is FC(F)(F)[C@@H]1CC[C@H](COCc2ccccc2)OC1. The molecular weight excluding hydrogens is 257 g/mol. The number of benzene rings is 1. The Balaban J connectivity index is 1.66. The van der Waals surface area contributed by atoms with Gasteiger partial charge in [-0.25, -0.2) is 0 Å². The van der Waals surface area contributed by atoms with Gasteiger partial charge in [-0.3, -0.25) is 0 Å². The number of hydrogen-bond acceptors (Lipinski definition) is 2. The molecular formula is C14H17F3O2. The highest BCUT2D eigenvalue weighted by Crippen LogP contribution is 2.33. The van der Waals surface area contributed by atoms with E-state index in [9.17, 15) is 13.2 Å². The average molecular weight is 274 g/mol. The van der Waals surface area contributed by atoms with E-state index in [2.05, 4.69) is 0 Å². The molecule has 0 radical (unpaired) electrons. The van der Waals surface area contributed by atoms with Crippen LogP contribution >= 0.6 is 0 Å². The highest BCUT2D eigenvalue weighted by atomic mass is 19.4. The van der Waals surface area contributed by atoms with Crippen LogP contribution < -0.4 is 0 Å². The normalized spacial score (nSPS) is 24.4. The lowest BCUT2D eigenvalue weighted by molar-refractivity contribution is -0.211. The standard InChI is InChI=1S/C14H17F3O2/c15-14(16,17)12-6-7-13(19-9-12)10-18-8-11-4-2-1-3-5-11/h1-5,12-13H,6-10H2/t12-,13-/m1/s1. The van der Waals surface area contributed by atoms with Gasteiger partial charge < -0.3 is 9.47 Å². The molecule has 1 aliphatic rings. The van der Waals surface area contributed by atoms with Gasteiger partial charge in [-0.2, -0.15) is 13.2 Å². The van der Waals surface area contributed by atoms with Gasteiger partial charge in [0.05, 0.1) is 31.8 Å². The van der Waals surface area contributed by atoms with E-state index in [0.29, 0.717) is 19.6 Å². The minimum atomic E-state index is -4.14. The summed E-state index contributed by atoms with van der Waals surface area (Å²) < 4.78 is 48.0. The van der Waals surface area contributed by atoms with E-state index in [1.165, 1.54) is 0 Å². The molecule has 1 aromatic rings. The summed E-state index contributed by atoms with van der Waals surface area (Å²) in [6, 6.07) is 9.65. The van der Waals surface area contributed by atoms with Crippen LogP contribution in [0.3, 0.4) is 0 Å². The zero-order chi connectivity index (χ0) is 13.7. The van der Waals surface area contributed by atoms with Crippen LogP contribution in [-0.4, -0.2) is 25.5 Å². The molecule has 0 aliphatic carbocycles. The molecule has 0 spiro atoms. The Labute approximate surface area is 110 Å². The summed E-state index contributed by atoms with van der Waals surface area (Å²) in [5.74, 6) is -1.32. The fourth-order valence-corrected chi connectivity index (χ4v) is 2.08. The van der Waals surface area contributed by atoms with Crippen molar-refractivity contribution in [1.29, 1.82) is 0 Å². The Morgan fingerprint density at radius 2 is 1.89 bits per heavy atom. The molecule has 0 N–H and O–H groups in total. The summed E-state index contributed by atoms with van der Waals surface area (Å²) in [6.45, 7) is 0.561. The van der Waals surface area contributed by atoms with Crippen LogP contribution in [0, 0.1) is 5.92 Å². The van der Waals surface area contributed by atoms with Gasteiger partial charge in [-0.1, -0.05) is 30.3 Å². The second kappa shape index (κ2) is 6.39. The van der Waals surface area contributed by atoms with Gasteiger partial charge in [0.15, 0.2) is 0 Å². The fourth-order valence-electron chi connectivity index (χ4n) is 2.08. The van der Waals surface area contributed by atoms with E-state index < -0.39 is 12.1 Å². The zero-order valence-electron chi connectivity index (χ0n) is 10.5. The van der Waals surface area contributed by atoms with Crippen molar-refractivity contribution in [3.05, 3.63) is 35.9 Å². The maximum atomic E-state index is 12.4. The number of halogens is 3. The number of alkyl halides is 3. The van der Waals surface area contributed by atoms with Crippen molar-refractivity contribution in [2.75, 3.05) is 13.2 Å². The van der Waals surface area contributed by atoms with Gasteiger partial charge in [0.2, 0.25) is 0 Å². The molecule has 1 aliphatic heterocycles. The van der Waals surface area contributed by atoms with Crippen molar-refractivity contribution in [2.24, 2.45) is 5.92 Å². The summed E-state index contributed by atoms with van der Waals surface area (Å²) in [7, 11) is 0. The van der Waals surface area contributed by atoms with E-state index in [-0.39, 0.29) is 19.1 Å². The third-order valence-electron chi connectivity index (χ3n) is 3.25. The minimum Gasteiger partial charge on any atom is -0.375 e. The Kier molecular flexibility index (Phi) is 4.82. The summed E-state index contributed by atoms with van der Waals surface area (Å²) >= 11 is 0. The summed E-state index contributed by atoms with van der Waals surface area (Å²) in [5, 5.41) is 0. The Morgan fingerprint density at radius 3 is 2.47 bits per heavy atom. The van der Waals surface area contributed by atoms with Gasteiger partial charge >= 0.3 is 6.18 Å². The molecule has 106 valence electrons. The van der Waals surface area contributed by atoms with Crippen molar-refractivity contribution < 1.29 is 22.6 Å². The minimum absolute atomic E-state index is 0.128. The van der Waals surface area contributed by atoms with Gasteiger partial charge in [-0.05, 0) is 18.4 Å². The van der Waals surface area contributed by atoms with Crippen molar-refractivity contribution in [3.8, 4) is 0 Å². The smallest absolute Gasteiger partial charge is 0.375 e. The van der Waals surface area contributed by atoms with E-state index >= 15 is 0 Å². The third-order valence-corrected chi connectivity index (χ3v) is 3.25. The van der Waals surface area contributed by atoms with Crippen LogP contribution in [0.2, 0.25) is 0 Å². The van der Waals surface area contributed by atoms with Crippen LogP contribution in [-0.2, 0) is 16.1 Å². The fraction of sp³-hybridized carbons (Fsp3) is 0.571. The number of hydrogen-bond donors (Lipinski definition) is 0. The summed E-state index contributed by atoms with van der Waals surface area (Å²) in [6.07, 6.45) is -3.83. The lowest BCUT2D eigenvalue weighted by Gasteiger charge is -2.30. The highest BCUT2D eigenvalue weighted by molar-refractivity contribution is 5.13. The Bertz CT molecular complexity index is 370. The molecule has 0 amide bonds. The summed E-state index contributed by atoms with van der Waals surface area (Å²) in [5.41, 5.74) is 1.05. The molecule has 2 rings (SSSR count). The molecule has 1 fully saturated rings. The van der Waals surface area contributed by atoms with E-state index in [1.54, 1.807) is 0 Å². The van der Waals surface area contributed by atoms with Crippen molar-refractivity contribution in [1.82, 2.24) is 0 Å².